The zero-order valence-corrected chi connectivity index (χ0v) is 30.8. The number of alkyl carbamates (subject to hydrolysis) is 1. The Hall–Kier alpha value is -4.89. The van der Waals surface area contributed by atoms with E-state index in [1.807, 2.05) is 97.9 Å². The first-order chi connectivity index (χ1) is 26.2. The number of esters is 1. The van der Waals surface area contributed by atoms with Crippen LogP contribution < -0.4 is 5.32 Å². The van der Waals surface area contributed by atoms with Crippen LogP contribution in [0.25, 0.3) is 0 Å². The Bertz CT molecular complexity index is 1860. The van der Waals surface area contributed by atoms with Crippen LogP contribution in [-0.4, -0.2) is 70.9 Å². The third kappa shape index (κ3) is 12.3. The quantitative estimate of drug-likeness (QED) is 0.0680. The number of aryl methyl sites for hydroxylation is 1. The maximum Gasteiger partial charge on any atom is 0.407 e. The molecule has 1 aliphatic heterocycles. The van der Waals surface area contributed by atoms with Gasteiger partial charge in [0.15, 0.2) is 12.4 Å². The molecular formula is C41H45NO11S. The normalized spacial score (nSPS) is 19.8. The van der Waals surface area contributed by atoms with E-state index in [1.54, 1.807) is 12.1 Å². The molecule has 4 aromatic rings. The van der Waals surface area contributed by atoms with Crippen LogP contribution in [0.15, 0.2) is 133 Å². The molecule has 13 heteroatoms. The maximum absolute atomic E-state index is 13.5. The average molecular weight is 760 g/mol. The molecule has 1 N–H and O–H groups in total. The Morgan fingerprint density at radius 2 is 1.30 bits per heavy atom. The third-order valence-corrected chi connectivity index (χ3v) is 9.61. The second kappa shape index (κ2) is 20.5. The van der Waals surface area contributed by atoms with Crippen molar-refractivity contribution in [2.24, 2.45) is 0 Å². The molecule has 0 saturated carbocycles. The van der Waals surface area contributed by atoms with Crippen molar-refractivity contribution in [1.82, 2.24) is 5.32 Å². The summed E-state index contributed by atoms with van der Waals surface area (Å²) < 4.78 is 68.6. The Labute approximate surface area is 316 Å². The van der Waals surface area contributed by atoms with Gasteiger partial charge in [-0.25, -0.2) is 4.79 Å². The smallest absolute Gasteiger partial charge is 0.407 e. The summed E-state index contributed by atoms with van der Waals surface area (Å²) in [4.78, 5) is 25.8. The van der Waals surface area contributed by atoms with E-state index in [-0.39, 0.29) is 44.3 Å². The second-order valence-electron chi connectivity index (χ2n) is 12.4. The van der Waals surface area contributed by atoms with Crippen LogP contribution in [0.1, 0.15) is 28.7 Å². The van der Waals surface area contributed by atoms with Crippen LogP contribution >= 0.6 is 0 Å². The lowest BCUT2D eigenvalue weighted by Gasteiger charge is -2.45. The fourth-order valence-electron chi connectivity index (χ4n) is 5.53. The second-order valence-corrected chi connectivity index (χ2v) is 14.0. The highest BCUT2D eigenvalue weighted by Crippen LogP contribution is 2.32. The van der Waals surface area contributed by atoms with Crippen LogP contribution in [0.5, 0.6) is 0 Å². The van der Waals surface area contributed by atoms with Gasteiger partial charge in [0.2, 0.25) is 0 Å². The van der Waals surface area contributed by atoms with Crippen LogP contribution in [0.4, 0.5) is 4.79 Å². The van der Waals surface area contributed by atoms with Gasteiger partial charge < -0.3 is 33.7 Å². The standard InChI is InChI=1S/C41H45NO11S/c1-3-25-47-40-39(49-27-32-15-9-5-10-16-32)38(48-26-31-13-7-4-8-14-31)37(35(52-40)29-51-54(45,46)34-21-19-30(2)20-22-34)53-36(43)23-24-42-41(44)50-28-33-17-11-6-12-18-33/h3-22,35,37-40H,1,23-29H2,2H3,(H,42,44)/t35-,37-,38+,39-,40-/m1/s1. The summed E-state index contributed by atoms with van der Waals surface area (Å²) in [5.74, 6) is -0.723. The van der Waals surface area contributed by atoms with Crippen molar-refractivity contribution in [2.45, 2.75) is 68.8 Å². The van der Waals surface area contributed by atoms with Gasteiger partial charge in [0, 0.05) is 6.54 Å². The number of nitrogens with one attached hydrogen (secondary N) is 1. The van der Waals surface area contributed by atoms with Crippen molar-refractivity contribution in [3.8, 4) is 0 Å². The molecule has 0 unspecified atom stereocenters. The van der Waals surface area contributed by atoms with Gasteiger partial charge in [0.1, 0.15) is 24.9 Å². The predicted molar refractivity (Wildman–Crippen MR) is 198 cm³/mol. The van der Waals surface area contributed by atoms with Crippen LogP contribution in [0.2, 0.25) is 0 Å². The zero-order chi connectivity index (χ0) is 38.2. The average Bonchev–Trinajstić information content (AvgIpc) is 3.19. The van der Waals surface area contributed by atoms with E-state index in [0.717, 1.165) is 22.3 Å². The van der Waals surface area contributed by atoms with Gasteiger partial charge in [-0.2, -0.15) is 8.42 Å². The molecule has 1 heterocycles. The van der Waals surface area contributed by atoms with E-state index in [9.17, 15) is 18.0 Å². The fraction of sp³-hybridized carbons (Fsp3) is 0.317. The summed E-state index contributed by atoms with van der Waals surface area (Å²) in [5.41, 5.74) is 3.36. The van der Waals surface area contributed by atoms with Crippen molar-refractivity contribution < 1.29 is 50.6 Å². The number of amides is 1. The summed E-state index contributed by atoms with van der Waals surface area (Å²) in [6, 6.07) is 34.2. The summed E-state index contributed by atoms with van der Waals surface area (Å²) in [6.45, 7) is 5.27. The molecule has 0 aliphatic carbocycles. The fourth-order valence-corrected chi connectivity index (χ4v) is 6.45. The Morgan fingerprint density at radius 1 is 0.741 bits per heavy atom. The molecule has 0 aromatic heterocycles. The summed E-state index contributed by atoms with van der Waals surface area (Å²) in [5, 5.41) is 2.55. The molecule has 1 saturated heterocycles. The number of benzene rings is 4. The minimum Gasteiger partial charge on any atom is -0.457 e. The molecule has 0 spiro atoms. The lowest BCUT2D eigenvalue weighted by Crippen LogP contribution is -2.62. The van der Waals surface area contributed by atoms with Gasteiger partial charge in [-0.3, -0.25) is 8.98 Å². The molecule has 0 radical (unpaired) electrons. The third-order valence-electron chi connectivity index (χ3n) is 8.32. The highest BCUT2D eigenvalue weighted by atomic mass is 32.2. The van der Waals surface area contributed by atoms with Crippen molar-refractivity contribution in [1.29, 1.82) is 0 Å². The lowest BCUT2D eigenvalue weighted by atomic mass is 9.98. The van der Waals surface area contributed by atoms with E-state index in [0.29, 0.717) is 0 Å². The molecule has 4 aromatic carbocycles. The van der Waals surface area contributed by atoms with Gasteiger partial charge in [0.25, 0.3) is 10.1 Å². The number of rotatable bonds is 19. The number of ether oxygens (including phenoxy) is 6. The Balaban J connectivity index is 1.37. The molecule has 1 aliphatic rings. The maximum atomic E-state index is 13.5. The zero-order valence-electron chi connectivity index (χ0n) is 30.0. The molecule has 286 valence electrons. The molecular weight excluding hydrogens is 715 g/mol. The first-order valence-corrected chi connectivity index (χ1v) is 18.9. The highest BCUT2D eigenvalue weighted by molar-refractivity contribution is 7.86. The highest BCUT2D eigenvalue weighted by Gasteiger charge is 2.50. The summed E-state index contributed by atoms with van der Waals surface area (Å²) >= 11 is 0. The van der Waals surface area contributed by atoms with Crippen LogP contribution in [0.3, 0.4) is 0 Å². The Kier molecular flexibility index (Phi) is 15.3. The molecule has 54 heavy (non-hydrogen) atoms. The lowest BCUT2D eigenvalue weighted by molar-refractivity contribution is -0.318. The number of hydrogen-bond donors (Lipinski definition) is 1. The first kappa shape index (κ1) is 40.3. The van der Waals surface area contributed by atoms with E-state index < -0.39 is 59.5 Å². The summed E-state index contributed by atoms with van der Waals surface area (Å²) in [7, 11) is -4.26. The molecule has 1 amide bonds. The van der Waals surface area contributed by atoms with E-state index in [4.69, 9.17) is 32.6 Å². The van der Waals surface area contributed by atoms with E-state index >= 15 is 0 Å². The van der Waals surface area contributed by atoms with Gasteiger partial charge in [-0.05, 0) is 35.7 Å². The molecule has 1 fully saturated rings. The van der Waals surface area contributed by atoms with E-state index in [1.165, 1.54) is 18.2 Å². The first-order valence-electron chi connectivity index (χ1n) is 17.5. The number of hydrogen-bond acceptors (Lipinski definition) is 11. The van der Waals surface area contributed by atoms with Crippen LogP contribution in [-0.2, 0) is 67.3 Å². The number of carbonyl (C=O) groups excluding carboxylic acids is 2. The van der Waals surface area contributed by atoms with Gasteiger partial charge in [-0.1, -0.05) is 115 Å². The summed E-state index contributed by atoms with van der Waals surface area (Å²) in [6.07, 6.45) is -4.99. The van der Waals surface area contributed by atoms with Gasteiger partial charge in [0.05, 0.1) is 37.7 Å². The molecule has 12 nitrogen and oxygen atoms in total. The van der Waals surface area contributed by atoms with Crippen molar-refractivity contribution in [3.05, 3.63) is 150 Å². The molecule has 5 atom stereocenters. The van der Waals surface area contributed by atoms with Gasteiger partial charge >= 0.3 is 12.1 Å². The SMILES string of the molecule is C=CCO[C@@H]1O[C@H](COS(=O)(=O)c2ccc(C)cc2)[C@@H](OC(=O)CCNC(=O)OCc2ccccc2)[C@H](OCc2ccccc2)[C@H]1OCc1ccccc1. The monoisotopic (exact) mass is 759 g/mol. The minimum absolute atomic E-state index is 0.0527. The minimum atomic E-state index is -4.26. The predicted octanol–water partition coefficient (Wildman–Crippen LogP) is 6.03. The van der Waals surface area contributed by atoms with E-state index in [2.05, 4.69) is 11.9 Å². The molecule has 0 bridgehead atoms. The Morgan fingerprint density at radius 3 is 1.87 bits per heavy atom. The van der Waals surface area contributed by atoms with Crippen LogP contribution in [0, 0.1) is 6.92 Å². The topological polar surface area (TPSA) is 145 Å². The molecule has 5 rings (SSSR count). The van der Waals surface area contributed by atoms with Gasteiger partial charge in [-0.15, -0.1) is 6.58 Å². The number of carbonyl (C=O) groups is 2. The van der Waals surface area contributed by atoms with Crippen molar-refractivity contribution >= 4 is 22.2 Å². The van der Waals surface area contributed by atoms with Crippen molar-refractivity contribution in [2.75, 3.05) is 19.8 Å². The largest absolute Gasteiger partial charge is 0.457 e. The van der Waals surface area contributed by atoms with Crippen molar-refractivity contribution in [3.63, 3.8) is 0 Å².